The van der Waals surface area contributed by atoms with Gasteiger partial charge in [-0.25, -0.2) is 0 Å². The van der Waals surface area contributed by atoms with Crippen LogP contribution >= 0.6 is 0 Å². The third kappa shape index (κ3) is 4.43. The highest BCUT2D eigenvalue weighted by Gasteiger charge is 2.23. The largest absolute Gasteiger partial charge is 0.330 e. The maximum Gasteiger partial charge on any atom is 0.00640 e. The zero-order valence-corrected chi connectivity index (χ0v) is 10.6. The van der Waals surface area contributed by atoms with Crippen LogP contribution in [0, 0.1) is 5.41 Å². The molecule has 0 aliphatic rings. The molecule has 0 fully saturated rings. The minimum atomic E-state index is 0.288. The van der Waals surface area contributed by atoms with Gasteiger partial charge in [0.05, 0.1) is 0 Å². The molecule has 14 heavy (non-hydrogen) atoms. The summed E-state index contributed by atoms with van der Waals surface area (Å²) in [5.74, 6) is 0. The van der Waals surface area contributed by atoms with E-state index >= 15 is 0 Å². The molecule has 0 bridgehead atoms. The van der Waals surface area contributed by atoms with Crippen LogP contribution in [0.2, 0.25) is 0 Å². The normalized spacial score (nSPS) is 18.2. The van der Waals surface area contributed by atoms with E-state index in [-0.39, 0.29) is 5.41 Å². The van der Waals surface area contributed by atoms with Crippen LogP contribution < -0.4 is 5.73 Å². The Kier molecular flexibility index (Phi) is 6.38. The molecule has 0 spiro atoms. The number of rotatable bonds is 7. The number of hydrogen-bond acceptors (Lipinski definition) is 2. The molecule has 0 heterocycles. The molecule has 2 atom stereocenters. The third-order valence-electron chi connectivity index (χ3n) is 3.44. The second-order valence-corrected chi connectivity index (χ2v) is 4.92. The van der Waals surface area contributed by atoms with Gasteiger partial charge >= 0.3 is 0 Å². The van der Waals surface area contributed by atoms with E-state index in [0.717, 1.165) is 19.5 Å². The Morgan fingerprint density at radius 1 is 1.36 bits per heavy atom. The van der Waals surface area contributed by atoms with Gasteiger partial charge in [0, 0.05) is 12.6 Å². The van der Waals surface area contributed by atoms with Crippen molar-refractivity contribution in [3.05, 3.63) is 0 Å². The first kappa shape index (κ1) is 13.9. The van der Waals surface area contributed by atoms with Crippen LogP contribution in [0.15, 0.2) is 0 Å². The van der Waals surface area contributed by atoms with Crippen LogP contribution in [-0.4, -0.2) is 31.1 Å². The molecule has 0 saturated carbocycles. The molecule has 0 aromatic rings. The van der Waals surface area contributed by atoms with E-state index in [1.54, 1.807) is 0 Å². The van der Waals surface area contributed by atoms with E-state index in [4.69, 9.17) is 5.73 Å². The van der Waals surface area contributed by atoms with Crippen molar-refractivity contribution in [2.24, 2.45) is 11.1 Å². The lowest BCUT2D eigenvalue weighted by molar-refractivity contribution is 0.150. The summed E-state index contributed by atoms with van der Waals surface area (Å²) in [4.78, 5) is 2.44. The smallest absolute Gasteiger partial charge is 0.00640 e. The second kappa shape index (κ2) is 6.41. The minimum absolute atomic E-state index is 0.288. The van der Waals surface area contributed by atoms with E-state index in [9.17, 15) is 0 Å². The lowest BCUT2D eigenvalue weighted by Crippen LogP contribution is -2.42. The first-order valence-corrected chi connectivity index (χ1v) is 5.89. The van der Waals surface area contributed by atoms with Crippen molar-refractivity contribution < 1.29 is 0 Å². The first-order valence-electron chi connectivity index (χ1n) is 5.89. The molecule has 0 aliphatic carbocycles. The highest BCUT2D eigenvalue weighted by Crippen LogP contribution is 2.21. The van der Waals surface area contributed by atoms with Crippen LogP contribution in [0.25, 0.3) is 0 Å². The first-order chi connectivity index (χ1) is 6.49. The summed E-state index contributed by atoms with van der Waals surface area (Å²) in [6.07, 6.45) is 3.70. The van der Waals surface area contributed by atoms with E-state index in [1.165, 1.54) is 12.8 Å². The SMILES string of the molecule is CCCC(C)N(C)CC(C)(CC)CN. The molecule has 2 unspecified atom stereocenters. The highest BCUT2D eigenvalue weighted by molar-refractivity contribution is 4.78. The molecule has 2 N–H and O–H groups in total. The summed E-state index contributed by atoms with van der Waals surface area (Å²) in [5.41, 5.74) is 6.10. The monoisotopic (exact) mass is 200 g/mol. The van der Waals surface area contributed by atoms with Gasteiger partial charge in [-0.1, -0.05) is 27.2 Å². The molecule has 0 aromatic carbocycles. The van der Waals surface area contributed by atoms with Crippen LogP contribution in [0.3, 0.4) is 0 Å². The molecule has 0 saturated heterocycles. The molecule has 2 heteroatoms. The van der Waals surface area contributed by atoms with Crippen LogP contribution in [0.5, 0.6) is 0 Å². The molecular weight excluding hydrogens is 172 g/mol. The van der Waals surface area contributed by atoms with Gasteiger partial charge in [-0.15, -0.1) is 0 Å². The molecule has 0 radical (unpaired) electrons. The van der Waals surface area contributed by atoms with Gasteiger partial charge in [0.1, 0.15) is 0 Å². The van der Waals surface area contributed by atoms with Gasteiger partial charge < -0.3 is 10.6 Å². The quantitative estimate of drug-likeness (QED) is 0.684. The number of hydrogen-bond donors (Lipinski definition) is 1. The summed E-state index contributed by atoms with van der Waals surface area (Å²) in [5, 5.41) is 0. The Bertz CT molecular complexity index is 141. The van der Waals surface area contributed by atoms with Gasteiger partial charge in [-0.05, 0) is 38.8 Å². The van der Waals surface area contributed by atoms with E-state index in [1.807, 2.05) is 0 Å². The minimum Gasteiger partial charge on any atom is -0.330 e. The Hall–Kier alpha value is -0.0800. The van der Waals surface area contributed by atoms with E-state index in [0.29, 0.717) is 6.04 Å². The van der Waals surface area contributed by atoms with Crippen molar-refractivity contribution in [3.8, 4) is 0 Å². The highest BCUT2D eigenvalue weighted by atomic mass is 15.1. The number of nitrogens with two attached hydrogens (primary N) is 1. The van der Waals surface area contributed by atoms with Gasteiger partial charge in [-0.3, -0.25) is 0 Å². The molecule has 0 aromatic heterocycles. The fourth-order valence-corrected chi connectivity index (χ4v) is 1.72. The van der Waals surface area contributed by atoms with Crippen LogP contribution in [0.4, 0.5) is 0 Å². The standard InChI is InChI=1S/C12H28N2/c1-6-8-11(3)14(5)10-12(4,7-2)9-13/h11H,6-10,13H2,1-5H3. The van der Waals surface area contributed by atoms with E-state index < -0.39 is 0 Å². The molecule has 86 valence electrons. The molecule has 2 nitrogen and oxygen atoms in total. The van der Waals surface area contributed by atoms with Gasteiger partial charge in [0.25, 0.3) is 0 Å². The van der Waals surface area contributed by atoms with Gasteiger partial charge in [-0.2, -0.15) is 0 Å². The van der Waals surface area contributed by atoms with Crippen LogP contribution in [0.1, 0.15) is 47.0 Å². The fourth-order valence-electron chi connectivity index (χ4n) is 1.72. The lowest BCUT2D eigenvalue weighted by atomic mass is 9.87. The average Bonchev–Trinajstić information content (AvgIpc) is 2.18. The average molecular weight is 200 g/mol. The van der Waals surface area contributed by atoms with E-state index in [2.05, 4.69) is 39.6 Å². The van der Waals surface area contributed by atoms with Crippen molar-refractivity contribution in [1.82, 2.24) is 4.90 Å². The summed E-state index contributed by atoms with van der Waals surface area (Å²) in [6, 6.07) is 0.678. The summed E-state index contributed by atoms with van der Waals surface area (Å²) in [7, 11) is 2.21. The third-order valence-corrected chi connectivity index (χ3v) is 3.44. The van der Waals surface area contributed by atoms with Crippen molar-refractivity contribution >= 4 is 0 Å². The summed E-state index contributed by atoms with van der Waals surface area (Å²) < 4.78 is 0. The zero-order valence-electron chi connectivity index (χ0n) is 10.6. The zero-order chi connectivity index (χ0) is 11.2. The Morgan fingerprint density at radius 2 is 1.93 bits per heavy atom. The second-order valence-electron chi connectivity index (χ2n) is 4.92. The van der Waals surface area contributed by atoms with Crippen molar-refractivity contribution in [2.75, 3.05) is 20.1 Å². The Balaban J connectivity index is 4.07. The van der Waals surface area contributed by atoms with Gasteiger partial charge in [0.15, 0.2) is 0 Å². The summed E-state index contributed by atoms with van der Waals surface area (Å²) >= 11 is 0. The number of nitrogens with zero attached hydrogens (tertiary/aromatic N) is 1. The van der Waals surface area contributed by atoms with Crippen LogP contribution in [-0.2, 0) is 0 Å². The molecular formula is C12H28N2. The molecule has 0 aliphatic heterocycles. The predicted molar refractivity (Wildman–Crippen MR) is 64.5 cm³/mol. The maximum absolute atomic E-state index is 5.81. The van der Waals surface area contributed by atoms with Crippen molar-refractivity contribution in [2.45, 2.75) is 53.0 Å². The lowest BCUT2D eigenvalue weighted by Gasteiger charge is -2.35. The predicted octanol–water partition coefficient (Wildman–Crippen LogP) is 2.48. The molecule has 0 amide bonds. The molecule has 0 rings (SSSR count). The summed E-state index contributed by atoms with van der Waals surface area (Å²) in [6.45, 7) is 10.9. The van der Waals surface area contributed by atoms with Crippen molar-refractivity contribution in [1.29, 1.82) is 0 Å². The van der Waals surface area contributed by atoms with Gasteiger partial charge in [0.2, 0.25) is 0 Å². The topological polar surface area (TPSA) is 29.3 Å². The Morgan fingerprint density at radius 3 is 2.29 bits per heavy atom. The maximum atomic E-state index is 5.81. The van der Waals surface area contributed by atoms with Crippen molar-refractivity contribution in [3.63, 3.8) is 0 Å². The Labute approximate surface area is 89.9 Å². The fraction of sp³-hybridized carbons (Fsp3) is 1.00.